The second-order valence-electron chi connectivity index (χ2n) is 5.83. The summed E-state index contributed by atoms with van der Waals surface area (Å²) in [4.78, 5) is 10.0. The minimum absolute atomic E-state index is 0.592. The van der Waals surface area contributed by atoms with E-state index in [1.807, 2.05) is 6.29 Å². The fourth-order valence-corrected chi connectivity index (χ4v) is 2.20. The summed E-state index contributed by atoms with van der Waals surface area (Å²) in [6, 6.07) is 0. The Bertz CT molecular complexity index is 347. The van der Waals surface area contributed by atoms with Crippen molar-refractivity contribution in [2.45, 2.75) is 84.0 Å². The monoisotopic (exact) mass is 315 g/mol. The average Bonchev–Trinajstić information content (AvgIpc) is 2.57. The molecule has 1 heteroatoms. The van der Waals surface area contributed by atoms with Gasteiger partial charge in [0, 0.05) is 6.42 Å². The van der Waals surface area contributed by atoms with Crippen LogP contribution in [-0.2, 0) is 4.79 Å². The van der Waals surface area contributed by atoms with Crippen LogP contribution in [0.25, 0.3) is 0 Å². The maximum atomic E-state index is 10.0. The van der Waals surface area contributed by atoms with Crippen LogP contribution in [-0.4, -0.2) is 6.29 Å². The topological polar surface area (TPSA) is 17.1 Å². The zero-order valence-corrected chi connectivity index (χ0v) is 15.0. The Balaban J connectivity index is 3.35. The Labute approximate surface area is 144 Å². The Hall–Kier alpha value is -1.37. The Morgan fingerprint density at radius 3 is 1.57 bits per heavy atom. The van der Waals surface area contributed by atoms with Gasteiger partial charge in [-0.25, -0.2) is 0 Å². The first-order valence-electron chi connectivity index (χ1n) is 9.36. The van der Waals surface area contributed by atoms with Crippen LogP contribution in [0.1, 0.15) is 84.0 Å². The van der Waals surface area contributed by atoms with Gasteiger partial charge >= 0.3 is 0 Å². The SMILES string of the molecule is CCCCC/C=C\C/C=C\C/C=C\C/C=C\CCCCC[C]=O. The van der Waals surface area contributed by atoms with E-state index in [1.54, 1.807) is 0 Å². The number of unbranched alkanes of at least 4 members (excludes halogenated alkanes) is 7. The van der Waals surface area contributed by atoms with Gasteiger partial charge in [0.15, 0.2) is 6.29 Å². The van der Waals surface area contributed by atoms with Crippen molar-refractivity contribution in [3.05, 3.63) is 48.6 Å². The molecule has 0 fully saturated rings. The summed E-state index contributed by atoms with van der Waals surface area (Å²) in [6.07, 6.45) is 33.2. The van der Waals surface area contributed by atoms with Crippen molar-refractivity contribution in [2.75, 3.05) is 0 Å². The molecule has 0 aromatic carbocycles. The molecule has 0 rings (SSSR count). The highest BCUT2D eigenvalue weighted by Gasteiger charge is 1.86. The highest BCUT2D eigenvalue weighted by atomic mass is 16.1. The summed E-state index contributed by atoms with van der Waals surface area (Å²) in [7, 11) is 0. The van der Waals surface area contributed by atoms with Gasteiger partial charge in [-0.3, -0.25) is 4.79 Å². The molecule has 0 bridgehead atoms. The molecule has 0 unspecified atom stereocenters. The van der Waals surface area contributed by atoms with Gasteiger partial charge in [0.1, 0.15) is 0 Å². The lowest BCUT2D eigenvalue weighted by atomic mass is 10.1. The number of rotatable bonds is 16. The van der Waals surface area contributed by atoms with Gasteiger partial charge in [-0.15, -0.1) is 0 Å². The molecule has 0 saturated carbocycles. The second kappa shape index (κ2) is 20.6. The molecule has 0 spiro atoms. The number of allylic oxidation sites excluding steroid dienone is 8. The van der Waals surface area contributed by atoms with E-state index in [0.717, 1.165) is 38.5 Å². The first-order chi connectivity index (χ1) is 11.4. The third-order valence-electron chi connectivity index (χ3n) is 3.61. The van der Waals surface area contributed by atoms with Gasteiger partial charge in [-0.2, -0.15) is 0 Å². The predicted molar refractivity (Wildman–Crippen MR) is 103 cm³/mol. The smallest absolute Gasteiger partial charge is 0.198 e. The molecular weight excluding hydrogens is 280 g/mol. The summed E-state index contributed by atoms with van der Waals surface area (Å²) < 4.78 is 0. The third kappa shape index (κ3) is 20.6. The molecule has 0 N–H and O–H groups in total. The molecule has 0 atom stereocenters. The predicted octanol–water partition coefficient (Wildman–Crippen LogP) is 7.02. The Morgan fingerprint density at radius 2 is 1.09 bits per heavy atom. The molecule has 0 saturated heterocycles. The van der Waals surface area contributed by atoms with Crippen LogP contribution < -0.4 is 0 Å². The van der Waals surface area contributed by atoms with Gasteiger partial charge < -0.3 is 0 Å². The molecule has 1 radical (unpaired) electrons. The number of carbonyl (C=O) groups excluding carboxylic acids is 1. The fourth-order valence-electron chi connectivity index (χ4n) is 2.20. The van der Waals surface area contributed by atoms with E-state index in [-0.39, 0.29) is 0 Å². The van der Waals surface area contributed by atoms with Crippen molar-refractivity contribution in [3.8, 4) is 0 Å². The lowest BCUT2D eigenvalue weighted by Crippen LogP contribution is -1.77. The molecule has 129 valence electrons. The van der Waals surface area contributed by atoms with Gasteiger partial charge in [0.25, 0.3) is 0 Å². The summed E-state index contributed by atoms with van der Waals surface area (Å²) in [5.74, 6) is 0. The van der Waals surface area contributed by atoms with Crippen LogP contribution in [0.4, 0.5) is 0 Å². The number of hydrogen-bond acceptors (Lipinski definition) is 1. The zero-order chi connectivity index (χ0) is 16.8. The van der Waals surface area contributed by atoms with E-state index in [4.69, 9.17) is 0 Å². The van der Waals surface area contributed by atoms with E-state index in [9.17, 15) is 4.79 Å². The largest absolute Gasteiger partial charge is 0.291 e. The summed E-state index contributed by atoms with van der Waals surface area (Å²) >= 11 is 0. The minimum Gasteiger partial charge on any atom is -0.291 e. The van der Waals surface area contributed by atoms with Crippen LogP contribution in [0.15, 0.2) is 48.6 Å². The van der Waals surface area contributed by atoms with Crippen molar-refractivity contribution in [3.63, 3.8) is 0 Å². The standard InChI is InChI=1S/C22H35O/c1-2-3-4-5-6-7-8-9-10-11-12-13-14-15-16-17-18-19-20-21-22-23/h6-7,9-10,12-13,15-16H,2-5,8,11,14,17-21H2,1H3/b7-6-,10-9-,13-12-,16-15-. The van der Waals surface area contributed by atoms with Gasteiger partial charge in [-0.1, -0.05) is 74.8 Å². The van der Waals surface area contributed by atoms with Gasteiger partial charge in [0.05, 0.1) is 0 Å². The highest BCUT2D eigenvalue weighted by Crippen LogP contribution is 2.03. The molecule has 0 aromatic heterocycles. The van der Waals surface area contributed by atoms with Crippen LogP contribution in [0.5, 0.6) is 0 Å². The molecule has 0 amide bonds. The zero-order valence-electron chi connectivity index (χ0n) is 15.0. The molecule has 23 heavy (non-hydrogen) atoms. The van der Waals surface area contributed by atoms with Gasteiger partial charge in [0.2, 0.25) is 0 Å². The highest BCUT2D eigenvalue weighted by molar-refractivity contribution is 5.50. The maximum absolute atomic E-state index is 10.0. The lowest BCUT2D eigenvalue weighted by Gasteiger charge is -1.92. The molecule has 0 heterocycles. The summed E-state index contributed by atoms with van der Waals surface area (Å²) in [5, 5.41) is 0. The van der Waals surface area contributed by atoms with Crippen LogP contribution in [0.2, 0.25) is 0 Å². The molecule has 0 aromatic rings. The van der Waals surface area contributed by atoms with Crippen molar-refractivity contribution < 1.29 is 4.79 Å². The van der Waals surface area contributed by atoms with E-state index >= 15 is 0 Å². The normalized spacial score (nSPS) is 12.4. The summed E-state index contributed by atoms with van der Waals surface area (Å²) in [6.45, 7) is 2.24. The first-order valence-corrected chi connectivity index (χ1v) is 9.36. The van der Waals surface area contributed by atoms with Crippen molar-refractivity contribution in [2.24, 2.45) is 0 Å². The van der Waals surface area contributed by atoms with Crippen molar-refractivity contribution in [1.82, 2.24) is 0 Å². The van der Waals surface area contributed by atoms with Crippen LogP contribution in [0.3, 0.4) is 0 Å². The van der Waals surface area contributed by atoms with E-state index in [1.165, 1.54) is 32.1 Å². The first kappa shape index (κ1) is 21.6. The molecule has 0 aliphatic carbocycles. The Kier molecular flexibility index (Phi) is 19.4. The molecule has 1 nitrogen and oxygen atoms in total. The molecule has 0 aliphatic heterocycles. The van der Waals surface area contributed by atoms with E-state index in [2.05, 4.69) is 55.5 Å². The summed E-state index contributed by atoms with van der Waals surface area (Å²) in [5.41, 5.74) is 0. The quantitative estimate of drug-likeness (QED) is 0.221. The average molecular weight is 316 g/mol. The van der Waals surface area contributed by atoms with Crippen LogP contribution >= 0.6 is 0 Å². The molecule has 0 aliphatic rings. The van der Waals surface area contributed by atoms with E-state index < -0.39 is 0 Å². The Morgan fingerprint density at radius 1 is 0.609 bits per heavy atom. The van der Waals surface area contributed by atoms with Gasteiger partial charge in [-0.05, 0) is 51.4 Å². The number of hydrogen-bond donors (Lipinski definition) is 0. The van der Waals surface area contributed by atoms with Crippen molar-refractivity contribution >= 4 is 6.29 Å². The van der Waals surface area contributed by atoms with E-state index in [0.29, 0.717) is 6.42 Å². The lowest BCUT2D eigenvalue weighted by molar-refractivity contribution is 0.545. The van der Waals surface area contributed by atoms with Crippen molar-refractivity contribution in [1.29, 1.82) is 0 Å². The fraction of sp³-hybridized carbons (Fsp3) is 0.591. The minimum atomic E-state index is 0.592. The maximum Gasteiger partial charge on any atom is 0.198 e. The van der Waals surface area contributed by atoms with Crippen LogP contribution in [0, 0.1) is 0 Å². The molecular formula is C22H35O. The second-order valence-corrected chi connectivity index (χ2v) is 5.83. The third-order valence-corrected chi connectivity index (χ3v) is 3.61.